The van der Waals surface area contributed by atoms with E-state index in [1.165, 1.54) is 25.4 Å². The Kier molecular flexibility index (Phi) is 5.36. The van der Waals surface area contributed by atoms with Gasteiger partial charge >= 0.3 is 6.18 Å². The fraction of sp³-hybridized carbons (Fsp3) is 0.368. The van der Waals surface area contributed by atoms with Gasteiger partial charge in [0.25, 0.3) is 5.91 Å². The lowest BCUT2D eigenvalue weighted by Crippen LogP contribution is -2.41. The fourth-order valence-electron chi connectivity index (χ4n) is 3.22. The Labute approximate surface area is 154 Å². The van der Waals surface area contributed by atoms with Crippen molar-refractivity contribution in [3.05, 3.63) is 59.3 Å². The number of rotatable bonds is 5. The number of alkyl halides is 3. The number of aliphatic hydroxyl groups is 1. The maximum atomic E-state index is 13.2. The van der Waals surface area contributed by atoms with E-state index in [9.17, 15) is 23.1 Å². The summed E-state index contributed by atoms with van der Waals surface area (Å²) in [5.74, 6) is -0.512. The molecule has 1 aromatic heterocycles. The highest BCUT2D eigenvalue weighted by Crippen LogP contribution is 2.39. The Morgan fingerprint density at radius 2 is 1.96 bits per heavy atom. The summed E-state index contributed by atoms with van der Waals surface area (Å²) >= 11 is 0. The Hall–Kier alpha value is -2.61. The molecule has 2 N–H and O–H groups in total. The van der Waals surface area contributed by atoms with Gasteiger partial charge in [0.2, 0.25) is 5.88 Å². The largest absolute Gasteiger partial charge is 0.481 e. The van der Waals surface area contributed by atoms with Crippen LogP contribution >= 0.6 is 0 Å². The van der Waals surface area contributed by atoms with Gasteiger partial charge in [-0.3, -0.25) is 4.79 Å². The molecule has 1 aliphatic carbocycles. The SMILES string of the molecule is COc1ccc([C@@H](NC(=O)c2ccccc2C(F)(F)F)C2CC(O)C2)cn1. The highest BCUT2D eigenvalue weighted by atomic mass is 19.4. The van der Waals surface area contributed by atoms with Gasteiger partial charge in [0.05, 0.1) is 30.4 Å². The van der Waals surface area contributed by atoms with Gasteiger partial charge < -0.3 is 15.2 Å². The molecule has 3 rings (SSSR count). The second kappa shape index (κ2) is 7.56. The van der Waals surface area contributed by atoms with Gasteiger partial charge in [0, 0.05) is 12.3 Å². The molecule has 1 amide bonds. The predicted octanol–water partition coefficient (Wildman–Crippen LogP) is 3.35. The number of aromatic nitrogens is 1. The third-order valence-corrected chi connectivity index (χ3v) is 4.71. The molecule has 0 spiro atoms. The van der Waals surface area contributed by atoms with Crippen LogP contribution in [-0.4, -0.2) is 29.2 Å². The number of hydrogen-bond donors (Lipinski definition) is 2. The number of ether oxygens (including phenoxy) is 1. The number of amides is 1. The summed E-state index contributed by atoms with van der Waals surface area (Å²) in [5, 5.41) is 12.3. The zero-order valence-electron chi connectivity index (χ0n) is 14.5. The first-order valence-electron chi connectivity index (χ1n) is 8.44. The predicted molar refractivity (Wildman–Crippen MR) is 91.2 cm³/mol. The molecule has 1 aromatic carbocycles. The lowest BCUT2D eigenvalue weighted by Gasteiger charge is -2.38. The number of nitrogens with zero attached hydrogens (tertiary/aromatic N) is 1. The van der Waals surface area contributed by atoms with Crippen LogP contribution in [0.1, 0.15) is 40.4 Å². The van der Waals surface area contributed by atoms with Gasteiger partial charge in [-0.1, -0.05) is 18.2 Å². The number of carbonyl (C=O) groups is 1. The lowest BCUT2D eigenvalue weighted by molar-refractivity contribution is -0.137. The van der Waals surface area contributed by atoms with Crippen molar-refractivity contribution >= 4 is 5.91 Å². The zero-order valence-corrected chi connectivity index (χ0v) is 14.5. The van der Waals surface area contributed by atoms with Crippen molar-refractivity contribution in [3.63, 3.8) is 0 Å². The van der Waals surface area contributed by atoms with Gasteiger partial charge in [-0.05, 0) is 36.5 Å². The van der Waals surface area contributed by atoms with Crippen LogP contribution in [0.25, 0.3) is 0 Å². The van der Waals surface area contributed by atoms with Crippen LogP contribution in [0, 0.1) is 5.92 Å². The van der Waals surface area contributed by atoms with Gasteiger partial charge in [-0.15, -0.1) is 0 Å². The molecule has 2 aromatic rings. The van der Waals surface area contributed by atoms with E-state index in [0.717, 1.165) is 12.1 Å². The highest BCUT2D eigenvalue weighted by molar-refractivity contribution is 5.96. The van der Waals surface area contributed by atoms with Gasteiger partial charge in [-0.25, -0.2) is 4.98 Å². The minimum atomic E-state index is -4.63. The molecule has 1 atom stereocenters. The minimum Gasteiger partial charge on any atom is -0.481 e. The first kappa shape index (κ1) is 19.2. The summed E-state index contributed by atoms with van der Waals surface area (Å²) in [4.78, 5) is 16.7. The average molecular weight is 380 g/mol. The standard InChI is InChI=1S/C19H19F3N2O3/c1-27-16-7-6-11(10-23-16)17(12-8-13(25)9-12)24-18(26)14-4-2-3-5-15(14)19(20,21)22/h2-7,10,12-13,17,25H,8-9H2,1H3,(H,24,26)/t12?,13?,17-/m1/s1. The van der Waals surface area contributed by atoms with Crippen LogP contribution in [0.4, 0.5) is 13.2 Å². The quantitative estimate of drug-likeness (QED) is 0.835. The summed E-state index contributed by atoms with van der Waals surface area (Å²) in [5.41, 5.74) is -0.773. The van der Waals surface area contributed by atoms with Crippen molar-refractivity contribution in [3.8, 4) is 5.88 Å². The van der Waals surface area contributed by atoms with Crippen LogP contribution in [-0.2, 0) is 6.18 Å². The molecule has 0 aliphatic heterocycles. The van der Waals surface area contributed by atoms with E-state index in [0.29, 0.717) is 24.3 Å². The number of pyridine rings is 1. The molecule has 0 saturated heterocycles. The molecule has 144 valence electrons. The van der Waals surface area contributed by atoms with Crippen LogP contribution in [0.2, 0.25) is 0 Å². The van der Waals surface area contributed by atoms with Crippen LogP contribution < -0.4 is 10.1 Å². The van der Waals surface area contributed by atoms with E-state index in [-0.39, 0.29) is 5.92 Å². The second-order valence-electron chi connectivity index (χ2n) is 6.51. The normalized spacial score (nSPS) is 20.5. The summed E-state index contributed by atoms with van der Waals surface area (Å²) in [7, 11) is 1.47. The summed E-state index contributed by atoms with van der Waals surface area (Å²) in [6.07, 6.45) is -2.67. The van der Waals surface area contributed by atoms with E-state index in [2.05, 4.69) is 10.3 Å². The average Bonchev–Trinajstić information content (AvgIpc) is 2.63. The van der Waals surface area contributed by atoms with Crippen LogP contribution in [0.15, 0.2) is 42.6 Å². The number of halogens is 3. The molecular weight excluding hydrogens is 361 g/mol. The molecular formula is C19H19F3N2O3. The van der Waals surface area contributed by atoms with Crippen LogP contribution in [0.3, 0.4) is 0 Å². The number of hydrogen-bond acceptors (Lipinski definition) is 4. The van der Waals surface area contributed by atoms with Crippen molar-refractivity contribution in [1.82, 2.24) is 10.3 Å². The van der Waals surface area contributed by atoms with Crippen LogP contribution in [0.5, 0.6) is 5.88 Å². The number of aliphatic hydroxyl groups excluding tert-OH is 1. The number of benzene rings is 1. The van der Waals surface area contributed by atoms with Gasteiger partial charge in [-0.2, -0.15) is 13.2 Å². The minimum absolute atomic E-state index is 0.0859. The Bertz CT molecular complexity index is 803. The third-order valence-electron chi connectivity index (χ3n) is 4.71. The summed E-state index contributed by atoms with van der Waals surface area (Å²) in [6.45, 7) is 0. The molecule has 0 radical (unpaired) electrons. The van der Waals surface area contributed by atoms with Crippen molar-refractivity contribution < 1.29 is 27.8 Å². The number of methoxy groups -OCH3 is 1. The van der Waals surface area contributed by atoms with Crippen molar-refractivity contribution in [1.29, 1.82) is 0 Å². The lowest BCUT2D eigenvalue weighted by atomic mass is 9.75. The Balaban J connectivity index is 1.87. The molecule has 0 unspecified atom stereocenters. The molecule has 1 aliphatic rings. The molecule has 1 heterocycles. The van der Waals surface area contributed by atoms with Crippen molar-refractivity contribution in [2.24, 2.45) is 5.92 Å². The maximum Gasteiger partial charge on any atom is 0.417 e. The monoisotopic (exact) mass is 380 g/mol. The molecule has 1 saturated carbocycles. The molecule has 0 bridgehead atoms. The van der Waals surface area contributed by atoms with Crippen molar-refractivity contribution in [2.45, 2.75) is 31.2 Å². The fourth-order valence-corrected chi connectivity index (χ4v) is 3.22. The second-order valence-corrected chi connectivity index (χ2v) is 6.51. The van der Waals surface area contributed by atoms with Gasteiger partial charge in [0.15, 0.2) is 0 Å². The molecule has 27 heavy (non-hydrogen) atoms. The topological polar surface area (TPSA) is 71.5 Å². The smallest absolute Gasteiger partial charge is 0.417 e. The molecule has 1 fully saturated rings. The number of nitrogens with one attached hydrogen (secondary N) is 1. The van der Waals surface area contributed by atoms with E-state index >= 15 is 0 Å². The van der Waals surface area contributed by atoms with E-state index < -0.39 is 35.4 Å². The number of carbonyl (C=O) groups excluding carboxylic acids is 1. The van der Waals surface area contributed by atoms with Gasteiger partial charge in [0.1, 0.15) is 0 Å². The van der Waals surface area contributed by atoms with E-state index in [4.69, 9.17) is 4.74 Å². The first-order valence-corrected chi connectivity index (χ1v) is 8.44. The third kappa shape index (κ3) is 4.21. The van der Waals surface area contributed by atoms with E-state index in [1.807, 2.05) is 0 Å². The zero-order chi connectivity index (χ0) is 19.6. The maximum absolute atomic E-state index is 13.2. The van der Waals surface area contributed by atoms with E-state index in [1.54, 1.807) is 12.1 Å². The Morgan fingerprint density at radius 3 is 2.52 bits per heavy atom. The van der Waals surface area contributed by atoms with Crippen molar-refractivity contribution in [2.75, 3.05) is 7.11 Å². The Morgan fingerprint density at radius 1 is 1.26 bits per heavy atom. The summed E-state index contributed by atoms with van der Waals surface area (Å²) in [6, 6.07) is 7.43. The first-order chi connectivity index (χ1) is 12.8. The highest BCUT2D eigenvalue weighted by Gasteiger charge is 2.38. The summed E-state index contributed by atoms with van der Waals surface area (Å²) < 4.78 is 44.6. The molecule has 5 nitrogen and oxygen atoms in total. The molecule has 8 heteroatoms.